The van der Waals surface area contributed by atoms with E-state index in [0.29, 0.717) is 12.0 Å². The van der Waals surface area contributed by atoms with Gasteiger partial charge in [-0.05, 0) is 56.1 Å². The maximum Gasteiger partial charge on any atom is 0.222 e. The predicted octanol–water partition coefficient (Wildman–Crippen LogP) is 5.34. The van der Waals surface area contributed by atoms with Crippen molar-refractivity contribution in [1.29, 1.82) is 0 Å². The van der Waals surface area contributed by atoms with Crippen molar-refractivity contribution in [3.63, 3.8) is 0 Å². The lowest BCUT2D eigenvalue weighted by molar-refractivity contribution is 0.377. The van der Waals surface area contributed by atoms with Crippen LogP contribution in [0.1, 0.15) is 77.8 Å². The largest absolute Gasteiger partial charge is 0.368 e. The fourth-order valence-electron chi connectivity index (χ4n) is 4.28. The lowest BCUT2D eigenvalue weighted by atomic mass is 9.72. The Labute approximate surface area is 152 Å². The van der Waals surface area contributed by atoms with Crippen LogP contribution in [0.2, 0.25) is 0 Å². The summed E-state index contributed by atoms with van der Waals surface area (Å²) in [5.41, 5.74) is 10.0. The molecule has 1 aromatic rings. The van der Waals surface area contributed by atoms with Crippen molar-refractivity contribution in [1.82, 2.24) is 9.97 Å². The van der Waals surface area contributed by atoms with E-state index < -0.39 is 0 Å². The predicted molar refractivity (Wildman–Crippen MR) is 106 cm³/mol. The third kappa shape index (κ3) is 4.62. The Morgan fingerprint density at radius 3 is 2.60 bits per heavy atom. The molecule has 0 saturated heterocycles. The zero-order valence-corrected chi connectivity index (χ0v) is 15.9. The first-order chi connectivity index (χ1) is 11.9. The Balaban J connectivity index is 1.78. The van der Waals surface area contributed by atoms with Crippen LogP contribution in [0.5, 0.6) is 0 Å². The second-order valence-corrected chi connectivity index (χ2v) is 8.28. The molecule has 0 unspecified atom stereocenters. The van der Waals surface area contributed by atoms with Gasteiger partial charge in [-0.2, -0.15) is 4.98 Å². The molecular formula is C21H32N4. The van der Waals surface area contributed by atoms with E-state index in [0.717, 1.165) is 11.5 Å². The second-order valence-electron chi connectivity index (χ2n) is 8.28. The van der Waals surface area contributed by atoms with E-state index in [4.69, 9.17) is 5.73 Å². The number of rotatable bonds is 4. The van der Waals surface area contributed by atoms with Gasteiger partial charge in [0.05, 0.1) is 5.69 Å². The SMILES string of the molecule is CC1=C(/C=C/c2cc(NC3CCCCC3)nc(N)n2)C(C)(C)CCC1. The molecule has 0 amide bonds. The Morgan fingerprint density at radius 1 is 1.12 bits per heavy atom. The molecule has 0 spiro atoms. The molecule has 1 fully saturated rings. The van der Waals surface area contributed by atoms with Gasteiger partial charge in [0.2, 0.25) is 5.95 Å². The highest BCUT2D eigenvalue weighted by molar-refractivity contribution is 5.57. The van der Waals surface area contributed by atoms with Crippen LogP contribution >= 0.6 is 0 Å². The van der Waals surface area contributed by atoms with Crippen molar-refractivity contribution in [2.24, 2.45) is 5.41 Å². The zero-order chi connectivity index (χ0) is 17.9. The highest BCUT2D eigenvalue weighted by Gasteiger charge is 2.26. The van der Waals surface area contributed by atoms with Gasteiger partial charge in [-0.3, -0.25) is 0 Å². The lowest BCUT2D eigenvalue weighted by Crippen LogP contribution is -2.23. The summed E-state index contributed by atoms with van der Waals surface area (Å²) in [5.74, 6) is 1.20. The summed E-state index contributed by atoms with van der Waals surface area (Å²) in [6.45, 7) is 6.92. The first kappa shape index (κ1) is 18.0. The molecule has 2 aliphatic carbocycles. The fraction of sp³-hybridized carbons (Fsp3) is 0.619. The number of allylic oxidation sites excluding steroid dienone is 3. The van der Waals surface area contributed by atoms with Crippen LogP contribution in [0.4, 0.5) is 11.8 Å². The topological polar surface area (TPSA) is 63.8 Å². The third-order valence-corrected chi connectivity index (χ3v) is 5.68. The Bertz CT molecular complexity index is 666. The number of nitrogens with one attached hydrogen (secondary N) is 1. The molecule has 0 radical (unpaired) electrons. The number of anilines is 2. The van der Waals surface area contributed by atoms with Gasteiger partial charge in [0, 0.05) is 12.1 Å². The van der Waals surface area contributed by atoms with E-state index in [9.17, 15) is 0 Å². The molecule has 0 aliphatic heterocycles. The molecule has 0 aromatic carbocycles. The van der Waals surface area contributed by atoms with E-state index in [1.165, 1.54) is 62.5 Å². The number of nitrogen functional groups attached to an aromatic ring is 1. The van der Waals surface area contributed by atoms with Crippen LogP contribution in [-0.2, 0) is 0 Å². The second kappa shape index (κ2) is 7.59. The number of nitrogens with two attached hydrogens (primary N) is 1. The number of nitrogens with zero attached hydrogens (tertiary/aromatic N) is 2. The molecule has 136 valence electrons. The first-order valence-electron chi connectivity index (χ1n) is 9.73. The lowest BCUT2D eigenvalue weighted by Gasteiger charge is -2.32. The molecular weight excluding hydrogens is 308 g/mol. The summed E-state index contributed by atoms with van der Waals surface area (Å²) in [6.07, 6.45) is 14.4. The molecule has 3 rings (SSSR count). The van der Waals surface area contributed by atoms with Crippen LogP contribution in [0, 0.1) is 5.41 Å². The third-order valence-electron chi connectivity index (χ3n) is 5.68. The van der Waals surface area contributed by atoms with E-state index in [1.807, 2.05) is 6.07 Å². The van der Waals surface area contributed by atoms with E-state index >= 15 is 0 Å². The van der Waals surface area contributed by atoms with Crippen molar-refractivity contribution >= 4 is 17.8 Å². The molecule has 25 heavy (non-hydrogen) atoms. The van der Waals surface area contributed by atoms with Crippen LogP contribution in [0.3, 0.4) is 0 Å². The normalized spacial score (nSPS) is 21.7. The zero-order valence-electron chi connectivity index (χ0n) is 15.9. The summed E-state index contributed by atoms with van der Waals surface area (Å²) in [7, 11) is 0. The molecule has 4 nitrogen and oxygen atoms in total. The number of hydrogen-bond acceptors (Lipinski definition) is 4. The van der Waals surface area contributed by atoms with Crippen LogP contribution < -0.4 is 11.1 Å². The van der Waals surface area contributed by atoms with Crippen molar-refractivity contribution in [3.8, 4) is 0 Å². The minimum Gasteiger partial charge on any atom is -0.368 e. The minimum atomic E-state index is 0.237. The van der Waals surface area contributed by atoms with Gasteiger partial charge in [-0.25, -0.2) is 4.98 Å². The summed E-state index contributed by atoms with van der Waals surface area (Å²) in [4.78, 5) is 8.78. The quantitative estimate of drug-likeness (QED) is 0.776. The first-order valence-corrected chi connectivity index (χ1v) is 9.73. The van der Waals surface area contributed by atoms with Crippen LogP contribution in [-0.4, -0.2) is 16.0 Å². The van der Waals surface area contributed by atoms with E-state index in [2.05, 4.69) is 48.2 Å². The Morgan fingerprint density at radius 2 is 1.88 bits per heavy atom. The van der Waals surface area contributed by atoms with Crippen molar-refractivity contribution in [2.75, 3.05) is 11.1 Å². The van der Waals surface area contributed by atoms with Gasteiger partial charge < -0.3 is 11.1 Å². The number of hydrogen-bond donors (Lipinski definition) is 2. The molecule has 2 aliphatic rings. The maximum atomic E-state index is 5.95. The summed E-state index contributed by atoms with van der Waals surface area (Å²) >= 11 is 0. The van der Waals surface area contributed by atoms with Gasteiger partial charge >= 0.3 is 0 Å². The molecule has 1 aromatic heterocycles. The monoisotopic (exact) mass is 340 g/mol. The van der Waals surface area contributed by atoms with Gasteiger partial charge in [-0.1, -0.05) is 44.8 Å². The number of aromatic nitrogens is 2. The van der Waals surface area contributed by atoms with Crippen LogP contribution in [0.15, 0.2) is 23.3 Å². The molecule has 0 bridgehead atoms. The Kier molecular flexibility index (Phi) is 5.45. The van der Waals surface area contributed by atoms with Crippen LogP contribution in [0.25, 0.3) is 6.08 Å². The van der Waals surface area contributed by atoms with Crippen molar-refractivity contribution in [2.45, 2.75) is 78.2 Å². The van der Waals surface area contributed by atoms with Gasteiger partial charge in [0.25, 0.3) is 0 Å². The highest BCUT2D eigenvalue weighted by Crippen LogP contribution is 2.40. The maximum absolute atomic E-state index is 5.95. The summed E-state index contributed by atoms with van der Waals surface area (Å²) in [5, 5.41) is 3.55. The average Bonchev–Trinajstić information content (AvgIpc) is 2.54. The molecule has 0 atom stereocenters. The average molecular weight is 341 g/mol. The van der Waals surface area contributed by atoms with Gasteiger partial charge in [0.1, 0.15) is 5.82 Å². The minimum absolute atomic E-state index is 0.237. The Hall–Kier alpha value is -1.84. The smallest absolute Gasteiger partial charge is 0.222 e. The molecule has 1 saturated carbocycles. The van der Waals surface area contributed by atoms with E-state index in [1.54, 1.807) is 0 Å². The van der Waals surface area contributed by atoms with E-state index in [-0.39, 0.29) is 5.41 Å². The molecule has 3 N–H and O–H groups in total. The van der Waals surface area contributed by atoms with Crippen molar-refractivity contribution in [3.05, 3.63) is 29.0 Å². The fourth-order valence-corrected chi connectivity index (χ4v) is 4.28. The summed E-state index contributed by atoms with van der Waals surface area (Å²) < 4.78 is 0. The molecule has 4 heteroatoms. The van der Waals surface area contributed by atoms with Gasteiger partial charge in [0.15, 0.2) is 0 Å². The molecule has 1 heterocycles. The summed E-state index contributed by atoms with van der Waals surface area (Å²) in [6, 6.07) is 2.54. The van der Waals surface area contributed by atoms with Crippen molar-refractivity contribution < 1.29 is 0 Å². The standard InChI is InChI=1S/C21H32N4/c1-15-8-7-13-21(2,3)18(15)12-11-17-14-19(25-20(22)24-17)23-16-9-5-4-6-10-16/h11-12,14,16H,4-10,13H2,1-3H3,(H3,22,23,24,25)/b12-11+. The highest BCUT2D eigenvalue weighted by atomic mass is 15.1. The van der Waals surface area contributed by atoms with Gasteiger partial charge in [-0.15, -0.1) is 0 Å².